The van der Waals surface area contributed by atoms with E-state index < -0.39 is 0 Å². The minimum atomic E-state index is 0.427. The maximum atomic E-state index is 5.37. The van der Waals surface area contributed by atoms with Gasteiger partial charge in [-0.05, 0) is 32.4 Å². The van der Waals surface area contributed by atoms with Gasteiger partial charge in [-0.2, -0.15) is 0 Å². The Hall–Kier alpha value is -0.820. The first-order chi connectivity index (χ1) is 8.52. The summed E-state index contributed by atoms with van der Waals surface area (Å²) in [5, 5.41) is 2.11. The molecule has 2 N–H and O–H groups in total. The van der Waals surface area contributed by atoms with Crippen molar-refractivity contribution in [2.24, 2.45) is 11.7 Å². The van der Waals surface area contributed by atoms with Crippen LogP contribution in [0, 0.1) is 17.8 Å². The van der Waals surface area contributed by atoms with Crippen molar-refractivity contribution in [1.29, 1.82) is 0 Å². The van der Waals surface area contributed by atoms with Crippen LogP contribution in [-0.4, -0.2) is 24.5 Å². The number of hydrogen-bond donors (Lipinski definition) is 1. The first kappa shape index (κ1) is 15.2. The Morgan fingerprint density at radius 1 is 1.39 bits per heavy atom. The molecule has 0 radical (unpaired) electrons. The minimum Gasteiger partial charge on any atom is -0.320 e. The van der Waals surface area contributed by atoms with Crippen LogP contribution in [0.5, 0.6) is 0 Å². The molecule has 1 unspecified atom stereocenters. The Bertz CT molecular complexity index is 412. The highest BCUT2D eigenvalue weighted by Crippen LogP contribution is 2.18. The molecular weight excluding hydrogens is 240 g/mol. The first-order valence-corrected chi connectivity index (χ1v) is 7.37. The standard InChI is InChI=1S/C15H24N2S/c1-12(2)8-13(3)17(4)10-15-9-14(11-18-15)6-5-7-16/h9,11-13H,7-8,10,16H2,1-4H3. The van der Waals surface area contributed by atoms with Gasteiger partial charge in [-0.15, -0.1) is 11.3 Å². The molecule has 0 fully saturated rings. The van der Waals surface area contributed by atoms with Crippen molar-refractivity contribution >= 4 is 11.3 Å². The van der Waals surface area contributed by atoms with E-state index in [1.165, 1.54) is 11.3 Å². The fourth-order valence-corrected chi connectivity index (χ4v) is 2.82. The summed E-state index contributed by atoms with van der Waals surface area (Å²) in [5.74, 6) is 6.71. The maximum Gasteiger partial charge on any atom is 0.0555 e. The second-order valence-electron chi connectivity index (χ2n) is 5.20. The Balaban J connectivity index is 2.53. The van der Waals surface area contributed by atoms with Crippen molar-refractivity contribution in [2.45, 2.75) is 39.8 Å². The number of nitrogens with two attached hydrogens (primary N) is 1. The summed E-state index contributed by atoms with van der Waals surface area (Å²) < 4.78 is 0. The summed E-state index contributed by atoms with van der Waals surface area (Å²) in [4.78, 5) is 3.78. The molecule has 2 nitrogen and oxygen atoms in total. The van der Waals surface area contributed by atoms with E-state index in [9.17, 15) is 0 Å². The normalized spacial score (nSPS) is 12.6. The molecule has 1 aromatic rings. The van der Waals surface area contributed by atoms with Gasteiger partial charge in [0.1, 0.15) is 0 Å². The van der Waals surface area contributed by atoms with Gasteiger partial charge in [0.05, 0.1) is 6.54 Å². The van der Waals surface area contributed by atoms with Gasteiger partial charge < -0.3 is 5.73 Å². The highest BCUT2D eigenvalue weighted by atomic mass is 32.1. The molecule has 1 atom stereocenters. The van der Waals surface area contributed by atoms with Crippen LogP contribution >= 0.6 is 11.3 Å². The minimum absolute atomic E-state index is 0.427. The Morgan fingerprint density at radius 2 is 2.11 bits per heavy atom. The highest BCUT2D eigenvalue weighted by Gasteiger charge is 2.12. The number of rotatable bonds is 5. The van der Waals surface area contributed by atoms with E-state index in [1.807, 2.05) is 0 Å². The largest absolute Gasteiger partial charge is 0.320 e. The lowest BCUT2D eigenvalue weighted by atomic mass is 10.0. The smallest absolute Gasteiger partial charge is 0.0555 e. The zero-order chi connectivity index (χ0) is 13.5. The van der Waals surface area contributed by atoms with Crippen LogP contribution in [-0.2, 0) is 6.54 Å². The van der Waals surface area contributed by atoms with Gasteiger partial charge in [0.25, 0.3) is 0 Å². The Morgan fingerprint density at radius 3 is 2.72 bits per heavy atom. The van der Waals surface area contributed by atoms with E-state index in [0.29, 0.717) is 12.6 Å². The summed E-state index contributed by atoms with van der Waals surface area (Å²) in [6.45, 7) is 8.27. The van der Waals surface area contributed by atoms with Crippen LogP contribution in [0.4, 0.5) is 0 Å². The SMILES string of the molecule is CC(C)CC(C)N(C)Cc1cc(C#CCN)cs1. The number of nitrogens with zero attached hydrogens (tertiary/aromatic N) is 1. The second kappa shape index (κ2) is 7.58. The van der Waals surface area contributed by atoms with Gasteiger partial charge >= 0.3 is 0 Å². The van der Waals surface area contributed by atoms with E-state index in [0.717, 1.165) is 18.0 Å². The summed E-state index contributed by atoms with van der Waals surface area (Å²) in [6.07, 6.45) is 1.24. The first-order valence-electron chi connectivity index (χ1n) is 6.49. The van der Waals surface area contributed by atoms with E-state index in [-0.39, 0.29) is 0 Å². The average Bonchev–Trinajstić information content (AvgIpc) is 2.73. The van der Waals surface area contributed by atoms with Gasteiger partial charge in [-0.25, -0.2) is 0 Å². The molecule has 0 aliphatic rings. The molecule has 0 aliphatic heterocycles. The van der Waals surface area contributed by atoms with Crippen molar-refractivity contribution in [2.75, 3.05) is 13.6 Å². The van der Waals surface area contributed by atoms with Crippen molar-refractivity contribution in [3.8, 4) is 11.8 Å². The third-order valence-electron chi connectivity index (χ3n) is 2.96. The van der Waals surface area contributed by atoms with Gasteiger partial charge in [-0.3, -0.25) is 4.90 Å². The summed E-state index contributed by atoms with van der Waals surface area (Å²) in [5.41, 5.74) is 6.46. The van der Waals surface area contributed by atoms with E-state index in [2.05, 4.69) is 56.0 Å². The molecule has 0 bridgehead atoms. The van der Waals surface area contributed by atoms with Gasteiger partial charge in [-0.1, -0.05) is 25.7 Å². The second-order valence-corrected chi connectivity index (χ2v) is 6.20. The van der Waals surface area contributed by atoms with Crippen LogP contribution in [0.1, 0.15) is 37.6 Å². The third-order valence-corrected chi connectivity index (χ3v) is 3.88. The van der Waals surface area contributed by atoms with E-state index >= 15 is 0 Å². The topological polar surface area (TPSA) is 29.3 Å². The average molecular weight is 264 g/mol. The predicted molar refractivity (Wildman–Crippen MR) is 80.6 cm³/mol. The van der Waals surface area contributed by atoms with Crippen LogP contribution in [0.3, 0.4) is 0 Å². The molecule has 100 valence electrons. The molecule has 18 heavy (non-hydrogen) atoms. The lowest BCUT2D eigenvalue weighted by molar-refractivity contribution is 0.222. The zero-order valence-electron chi connectivity index (χ0n) is 11.9. The van der Waals surface area contributed by atoms with Gasteiger partial charge in [0, 0.05) is 28.4 Å². The van der Waals surface area contributed by atoms with Crippen molar-refractivity contribution in [1.82, 2.24) is 4.90 Å². The van der Waals surface area contributed by atoms with Crippen LogP contribution in [0.25, 0.3) is 0 Å². The Labute approximate surface area is 115 Å². The Kier molecular flexibility index (Phi) is 6.42. The van der Waals surface area contributed by atoms with Crippen molar-refractivity contribution < 1.29 is 0 Å². The lowest BCUT2D eigenvalue weighted by Gasteiger charge is -2.25. The van der Waals surface area contributed by atoms with E-state index in [1.54, 1.807) is 11.3 Å². The predicted octanol–water partition coefficient (Wildman–Crippen LogP) is 2.92. The highest BCUT2D eigenvalue weighted by molar-refractivity contribution is 7.10. The zero-order valence-corrected chi connectivity index (χ0v) is 12.7. The molecule has 0 spiro atoms. The molecule has 0 saturated carbocycles. The summed E-state index contributed by atoms with van der Waals surface area (Å²) >= 11 is 1.78. The quantitative estimate of drug-likeness (QED) is 0.829. The van der Waals surface area contributed by atoms with Crippen molar-refractivity contribution in [3.05, 3.63) is 21.9 Å². The van der Waals surface area contributed by atoms with Crippen LogP contribution < -0.4 is 5.73 Å². The fraction of sp³-hybridized carbons (Fsp3) is 0.600. The molecule has 1 heterocycles. The lowest BCUT2D eigenvalue weighted by Crippen LogP contribution is -2.29. The molecular formula is C15H24N2S. The maximum absolute atomic E-state index is 5.37. The van der Waals surface area contributed by atoms with Gasteiger partial charge in [0.2, 0.25) is 0 Å². The fourth-order valence-electron chi connectivity index (χ4n) is 1.95. The van der Waals surface area contributed by atoms with E-state index in [4.69, 9.17) is 5.73 Å². The summed E-state index contributed by atoms with van der Waals surface area (Å²) in [6, 6.07) is 2.79. The third kappa shape index (κ3) is 5.22. The molecule has 0 amide bonds. The molecule has 1 rings (SSSR count). The van der Waals surface area contributed by atoms with Gasteiger partial charge in [0.15, 0.2) is 0 Å². The molecule has 0 aliphatic carbocycles. The van der Waals surface area contributed by atoms with Crippen LogP contribution in [0.15, 0.2) is 11.4 Å². The number of thiophene rings is 1. The summed E-state index contributed by atoms with van der Waals surface area (Å²) in [7, 11) is 2.19. The molecule has 1 aromatic heterocycles. The van der Waals surface area contributed by atoms with Crippen LogP contribution in [0.2, 0.25) is 0 Å². The molecule has 0 saturated heterocycles. The molecule has 0 aromatic carbocycles. The molecule has 3 heteroatoms. The monoisotopic (exact) mass is 264 g/mol. The number of hydrogen-bond acceptors (Lipinski definition) is 3. The van der Waals surface area contributed by atoms with Crippen molar-refractivity contribution in [3.63, 3.8) is 0 Å².